The highest BCUT2D eigenvalue weighted by atomic mass is 32.2. The van der Waals surface area contributed by atoms with Gasteiger partial charge in [0, 0.05) is 17.9 Å². The molecule has 1 N–H and O–H groups in total. The maximum absolute atomic E-state index is 11.9. The fourth-order valence-corrected chi connectivity index (χ4v) is 4.74. The summed E-state index contributed by atoms with van der Waals surface area (Å²) in [7, 11) is 3.08. The van der Waals surface area contributed by atoms with E-state index in [2.05, 4.69) is 6.58 Å². The van der Waals surface area contributed by atoms with Gasteiger partial charge in [0.2, 0.25) is 4.77 Å². The smallest absolute Gasteiger partial charge is 0.324 e. The highest BCUT2D eigenvalue weighted by Crippen LogP contribution is 2.22. The monoisotopic (exact) mass is 421 g/mol. The third-order valence-electron chi connectivity index (χ3n) is 4.67. The van der Waals surface area contributed by atoms with Crippen LogP contribution in [0.4, 0.5) is 0 Å². The van der Waals surface area contributed by atoms with E-state index in [-0.39, 0.29) is 11.2 Å². The average molecular weight is 422 g/mol. The van der Waals surface area contributed by atoms with E-state index in [0.29, 0.717) is 24.5 Å². The molecule has 3 rings (SSSR count). The molecule has 7 nitrogen and oxygen atoms in total. The van der Waals surface area contributed by atoms with Gasteiger partial charge in [0.25, 0.3) is 0 Å². The van der Waals surface area contributed by atoms with E-state index in [1.165, 1.54) is 12.0 Å². The zero-order valence-electron chi connectivity index (χ0n) is 16.1. The van der Waals surface area contributed by atoms with E-state index in [1.807, 2.05) is 39.6 Å². The summed E-state index contributed by atoms with van der Waals surface area (Å²) < 4.78 is 14.6. The number of nitrogens with one attached hydrogen (secondary N) is 1. The summed E-state index contributed by atoms with van der Waals surface area (Å²) >= 11 is 7.33. The zero-order valence-corrected chi connectivity index (χ0v) is 17.7. The van der Waals surface area contributed by atoms with Crippen LogP contribution in [0, 0.1) is 4.77 Å². The van der Waals surface area contributed by atoms with Crippen LogP contribution in [0.2, 0.25) is 0 Å². The maximum atomic E-state index is 11.9. The Bertz CT molecular complexity index is 892. The molecule has 0 spiro atoms. The molecule has 150 valence electrons. The number of quaternary nitrogens is 1. The second kappa shape index (κ2) is 9.40. The zero-order chi connectivity index (χ0) is 20.1. The topological polar surface area (TPSA) is 62.7 Å². The van der Waals surface area contributed by atoms with Crippen LogP contribution in [0.25, 0.3) is 11.4 Å². The third-order valence-corrected chi connectivity index (χ3v) is 6.30. The molecule has 1 aliphatic rings. The number of allylic oxidation sites excluding steroid dienone is 1. The number of rotatable bonds is 7. The maximum Gasteiger partial charge on any atom is 0.324 e. The summed E-state index contributed by atoms with van der Waals surface area (Å²) in [5.41, 5.74) is 0.962. The highest BCUT2D eigenvalue weighted by molar-refractivity contribution is 8.00. The van der Waals surface area contributed by atoms with Crippen LogP contribution in [0.3, 0.4) is 0 Å². The molecule has 2 atom stereocenters. The Morgan fingerprint density at radius 2 is 2.18 bits per heavy atom. The van der Waals surface area contributed by atoms with Crippen LogP contribution < -0.4 is 9.64 Å². The Hall–Kier alpha value is -2.10. The Balaban J connectivity index is 1.86. The largest absolute Gasteiger partial charge is 0.497 e. The fraction of sp³-hybridized carbons (Fsp3) is 0.421. The summed E-state index contributed by atoms with van der Waals surface area (Å²) in [4.78, 5) is 13.1. The van der Waals surface area contributed by atoms with Gasteiger partial charge >= 0.3 is 5.97 Å². The molecule has 28 heavy (non-hydrogen) atoms. The van der Waals surface area contributed by atoms with Gasteiger partial charge in [-0.1, -0.05) is 6.08 Å². The minimum absolute atomic E-state index is 0.140. The van der Waals surface area contributed by atoms with Crippen LogP contribution in [0.15, 0.2) is 36.9 Å². The molecule has 1 unspecified atom stereocenters. The van der Waals surface area contributed by atoms with Crippen molar-refractivity contribution in [2.24, 2.45) is 0 Å². The number of carbonyl (C=O) groups is 1. The molecule has 2 heterocycles. The number of hydrogen-bond acceptors (Lipinski definition) is 6. The summed E-state index contributed by atoms with van der Waals surface area (Å²) in [5.74, 6) is 2.33. The van der Waals surface area contributed by atoms with Gasteiger partial charge in [-0.05, 0) is 36.5 Å². The molecule has 0 saturated carbocycles. The molecule has 9 heteroatoms. The summed E-state index contributed by atoms with van der Waals surface area (Å²) in [5, 5.41) is 4.64. The first-order chi connectivity index (χ1) is 13.6. The third kappa shape index (κ3) is 4.48. The number of aromatic nitrogens is 3. The standard InChI is InChI=1S/C19H24N4O3S2/c1-4-9-22-17(14-5-7-15(25-2)8-6-14)20-23(19(22)27)13-21-10-11-28-16(12-21)18(24)26-3/h4-8,16H,1,9-13H2,2-3H3/p+1/t16-/m0/s1. The van der Waals surface area contributed by atoms with Gasteiger partial charge in [-0.3, -0.25) is 9.36 Å². The number of hydrogen-bond donors (Lipinski definition) is 1. The molecule has 1 aromatic carbocycles. The second-order valence-corrected chi connectivity index (χ2v) is 8.15. The Morgan fingerprint density at radius 1 is 1.43 bits per heavy atom. The first-order valence-electron chi connectivity index (χ1n) is 9.03. The van der Waals surface area contributed by atoms with E-state index >= 15 is 0 Å². The van der Waals surface area contributed by atoms with E-state index in [0.717, 1.165) is 29.4 Å². The SMILES string of the molecule is C=CCn1c(-c2ccc(OC)cc2)nn(C[NH+]2CCS[C@H](C(=O)OC)C2)c1=S. The van der Waals surface area contributed by atoms with Crippen molar-refractivity contribution in [2.75, 3.05) is 33.1 Å². The van der Waals surface area contributed by atoms with Crippen LogP contribution in [0.1, 0.15) is 0 Å². The Kier molecular flexibility index (Phi) is 6.93. The van der Waals surface area contributed by atoms with Gasteiger partial charge in [0.15, 0.2) is 17.7 Å². The van der Waals surface area contributed by atoms with Crippen molar-refractivity contribution in [2.45, 2.75) is 18.5 Å². The van der Waals surface area contributed by atoms with Gasteiger partial charge in [-0.2, -0.15) is 4.68 Å². The van der Waals surface area contributed by atoms with Gasteiger partial charge in [0.05, 0.1) is 20.8 Å². The van der Waals surface area contributed by atoms with Crippen LogP contribution in [0.5, 0.6) is 5.75 Å². The Labute approximate surface area is 173 Å². The van der Waals surface area contributed by atoms with Crippen molar-refractivity contribution >= 4 is 29.9 Å². The van der Waals surface area contributed by atoms with Crippen LogP contribution >= 0.6 is 24.0 Å². The molecule has 1 saturated heterocycles. The minimum Gasteiger partial charge on any atom is -0.497 e. The highest BCUT2D eigenvalue weighted by Gasteiger charge is 2.30. The number of benzene rings is 1. The molecule has 0 bridgehead atoms. The first-order valence-corrected chi connectivity index (χ1v) is 10.5. The minimum atomic E-state index is -0.165. The molecular weight excluding hydrogens is 396 g/mol. The van der Waals surface area contributed by atoms with Crippen molar-refractivity contribution in [3.8, 4) is 17.1 Å². The lowest BCUT2D eigenvalue weighted by atomic mass is 10.2. The molecular formula is C19H25N4O3S2+. The van der Waals surface area contributed by atoms with E-state index < -0.39 is 0 Å². The number of thioether (sulfide) groups is 1. The lowest BCUT2D eigenvalue weighted by Gasteiger charge is -2.27. The summed E-state index contributed by atoms with van der Waals surface area (Å²) in [6.07, 6.45) is 1.81. The Morgan fingerprint density at radius 3 is 2.82 bits per heavy atom. The van der Waals surface area contributed by atoms with Crippen molar-refractivity contribution in [3.05, 3.63) is 41.7 Å². The molecule has 1 aliphatic heterocycles. The normalized spacial score (nSPS) is 19.2. The number of esters is 1. The van der Waals surface area contributed by atoms with Crippen LogP contribution in [-0.2, 0) is 22.7 Å². The molecule has 1 aromatic heterocycles. The predicted octanol–water partition coefficient (Wildman–Crippen LogP) is 1.41. The molecule has 0 radical (unpaired) electrons. The lowest BCUT2D eigenvalue weighted by Crippen LogP contribution is -3.14. The molecule has 0 aliphatic carbocycles. The van der Waals surface area contributed by atoms with E-state index in [4.69, 9.17) is 26.8 Å². The number of ether oxygens (including phenoxy) is 2. The quantitative estimate of drug-likeness (QED) is 0.414. The van der Waals surface area contributed by atoms with Crippen molar-refractivity contribution < 1.29 is 19.2 Å². The molecule has 2 aromatic rings. The summed E-state index contributed by atoms with van der Waals surface area (Å²) in [6.45, 7) is 6.68. The fourth-order valence-electron chi connectivity index (χ4n) is 3.20. The first kappa shape index (κ1) is 20.6. The van der Waals surface area contributed by atoms with E-state index in [1.54, 1.807) is 18.9 Å². The van der Waals surface area contributed by atoms with Crippen molar-refractivity contribution in [1.29, 1.82) is 0 Å². The average Bonchev–Trinajstić information content (AvgIpc) is 3.03. The van der Waals surface area contributed by atoms with Crippen LogP contribution in [-0.4, -0.2) is 58.6 Å². The molecule has 0 amide bonds. The van der Waals surface area contributed by atoms with Gasteiger partial charge in [-0.15, -0.1) is 23.4 Å². The van der Waals surface area contributed by atoms with Crippen molar-refractivity contribution in [3.63, 3.8) is 0 Å². The number of carbonyl (C=O) groups excluding carboxylic acids is 1. The molecule has 1 fully saturated rings. The van der Waals surface area contributed by atoms with Gasteiger partial charge in [0.1, 0.15) is 12.3 Å². The van der Waals surface area contributed by atoms with Gasteiger partial charge < -0.3 is 14.4 Å². The lowest BCUT2D eigenvalue weighted by molar-refractivity contribution is -0.921. The van der Waals surface area contributed by atoms with E-state index in [9.17, 15) is 4.79 Å². The van der Waals surface area contributed by atoms with Crippen molar-refractivity contribution in [1.82, 2.24) is 14.3 Å². The second-order valence-electron chi connectivity index (χ2n) is 6.48. The number of methoxy groups -OCH3 is 2. The number of nitrogens with zero attached hydrogens (tertiary/aromatic N) is 3. The predicted molar refractivity (Wildman–Crippen MR) is 112 cm³/mol. The summed E-state index contributed by atoms with van der Waals surface area (Å²) in [6, 6.07) is 7.75. The van der Waals surface area contributed by atoms with Gasteiger partial charge in [-0.25, -0.2) is 0 Å².